The molecule has 1 unspecified atom stereocenters. The molecule has 1 N–H and O–H groups in total. The summed E-state index contributed by atoms with van der Waals surface area (Å²) in [4.78, 5) is 39.5. The molecule has 0 bridgehead atoms. The maximum absolute atomic E-state index is 13.2. The smallest absolute Gasteiger partial charge is 0.308 e. The number of rotatable bonds is 10. The zero-order chi connectivity index (χ0) is 22.8. The van der Waals surface area contributed by atoms with E-state index in [0.717, 1.165) is 6.42 Å². The Bertz CT molecular complexity index is 918. The summed E-state index contributed by atoms with van der Waals surface area (Å²) in [6.07, 6.45) is 0.567. The van der Waals surface area contributed by atoms with Gasteiger partial charge in [0.1, 0.15) is 30.8 Å². The fraction of sp³-hybridized carbons (Fsp3) is 0.375. The first-order valence-corrected chi connectivity index (χ1v) is 10.7. The third-order valence-corrected chi connectivity index (χ3v) is 4.89. The number of hydrogen-bond acceptors (Lipinski definition) is 6. The minimum absolute atomic E-state index is 0.0453. The monoisotopic (exact) mass is 440 g/mol. The Morgan fingerprint density at radius 3 is 2.53 bits per heavy atom. The van der Waals surface area contributed by atoms with E-state index in [1.165, 1.54) is 4.90 Å². The molecule has 0 aromatic heterocycles. The number of carbonyl (C=O) groups excluding carboxylic acids is 3. The van der Waals surface area contributed by atoms with Gasteiger partial charge in [-0.2, -0.15) is 0 Å². The van der Waals surface area contributed by atoms with Gasteiger partial charge in [-0.3, -0.25) is 14.4 Å². The molecule has 8 nitrogen and oxygen atoms in total. The number of benzene rings is 2. The van der Waals surface area contributed by atoms with E-state index >= 15 is 0 Å². The van der Waals surface area contributed by atoms with Crippen LogP contribution in [0.1, 0.15) is 30.1 Å². The van der Waals surface area contributed by atoms with Gasteiger partial charge in [-0.15, -0.1) is 0 Å². The average Bonchev–Trinajstić information content (AvgIpc) is 2.82. The van der Waals surface area contributed by atoms with E-state index in [1.807, 2.05) is 25.1 Å². The lowest BCUT2D eigenvalue weighted by Gasteiger charge is -2.34. The summed E-state index contributed by atoms with van der Waals surface area (Å²) >= 11 is 0. The first-order chi connectivity index (χ1) is 15.6. The Morgan fingerprint density at radius 1 is 1.00 bits per heavy atom. The third-order valence-electron chi connectivity index (χ3n) is 4.89. The van der Waals surface area contributed by atoms with Crippen molar-refractivity contribution in [1.82, 2.24) is 10.2 Å². The van der Waals surface area contributed by atoms with Gasteiger partial charge < -0.3 is 24.4 Å². The van der Waals surface area contributed by atoms with Crippen LogP contribution in [0.2, 0.25) is 0 Å². The quantitative estimate of drug-likeness (QED) is 0.451. The van der Waals surface area contributed by atoms with Crippen LogP contribution in [0.4, 0.5) is 0 Å². The van der Waals surface area contributed by atoms with Gasteiger partial charge in [-0.25, -0.2) is 0 Å². The predicted octanol–water partition coefficient (Wildman–Crippen LogP) is 2.43. The van der Waals surface area contributed by atoms with Crippen LogP contribution in [0.25, 0.3) is 0 Å². The van der Waals surface area contributed by atoms with Crippen molar-refractivity contribution in [2.75, 3.05) is 32.9 Å². The number of nitrogens with zero attached hydrogens (tertiary/aromatic N) is 1. The van der Waals surface area contributed by atoms with Gasteiger partial charge in [0.2, 0.25) is 5.91 Å². The number of amides is 2. The summed E-state index contributed by atoms with van der Waals surface area (Å²) in [5, 5.41) is 2.71. The normalized spacial score (nSPS) is 15.6. The van der Waals surface area contributed by atoms with E-state index in [2.05, 4.69) is 5.32 Å². The van der Waals surface area contributed by atoms with Crippen LogP contribution < -0.4 is 14.8 Å². The molecule has 1 aliphatic rings. The molecule has 0 spiro atoms. The summed E-state index contributed by atoms with van der Waals surface area (Å²) in [5.41, 5.74) is 0.366. The minimum Gasteiger partial charge on any atom is -0.493 e. The van der Waals surface area contributed by atoms with Gasteiger partial charge in [0.05, 0.1) is 18.6 Å². The first kappa shape index (κ1) is 23.1. The molecule has 2 aromatic carbocycles. The molecule has 1 atom stereocenters. The maximum atomic E-state index is 13.2. The second-order valence-corrected chi connectivity index (χ2v) is 7.24. The van der Waals surface area contributed by atoms with Crippen molar-refractivity contribution in [1.29, 1.82) is 0 Å². The van der Waals surface area contributed by atoms with Crippen LogP contribution >= 0.6 is 0 Å². The number of esters is 1. The molecule has 3 rings (SSSR count). The fourth-order valence-corrected chi connectivity index (χ4v) is 3.35. The fourth-order valence-electron chi connectivity index (χ4n) is 3.35. The highest BCUT2D eigenvalue weighted by molar-refractivity contribution is 6.01. The van der Waals surface area contributed by atoms with Crippen molar-refractivity contribution < 1.29 is 28.6 Å². The lowest BCUT2D eigenvalue weighted by Crippen LogP contribution is -2.57. The Balaban J connectivity index is 1.59. The van der Waals surface area contributed by atoms with Crippen molar-refractivity contribution in [2.24, 2.45) is 0 Å². The maximum Gasteiger partial charge on any atom is 0.308 e. The molecule has 8 heteroatoms. The molecule has 1 heterocycles. The summed E-state index contributed by atoms with van der Waals surface area (Å²) in [6.45, 7) is 3.30. The number of carbonyl (C=O) groups is 3. The molecule has 1 saturated heterocycles. The lowest BCUT2D eigenvalue weighted by atomic mass is 10.1. The molecule has 0 aliphatic carbocycles. The van der Waals surface area contributed by atoms with Crippen LogP contribution in [0.3, 0.4) is 0 Å². The zero-order valence-electron chi connectivity index (χ0n) is 18.1. The minimum atomic E-state index is -0.946. The molecule has 32 heavy (non-hydrogen) atoms. The van der Waals surface area contributed by atoms with Crippen molar-refractivity contribution >= 4 is 17.8 Å². The molecule has 1 aliphatic heterocycles. The van der Waals surface area contributed by atoms with Crippen LogP contribution in [-0.4, -0.2) is 61.6 Å². The van der Waals surface area contributed by atoms with Crippen molar-refractivity contribution in [3.05, 3.63) is 60.2 Å². The van der Waals surface area contributed by atoms with Crippen molar-refractivity contribution in [3.63, 3.8) is 0 Å². The number of ether oxygens (including phenoxy) is 3. The molecular formula is C24H28N2O6. The third kappa shape index (κ3) is 6.23. The number of para-hydroxylation sites is 2. The summed E-state index contributed by atoms with van der Waals surface area (Å²) < 4.78 is 16.4. The Labute approximate surface area is 187 Å². The summed E-state index contributed by atoms with van der Waals surface area (Å²) in [7, 11) is 0. The van der Waals surface area contributed by atoms with E-state index in [9.17, 15) is 14.4 Å². The van der Waals surface area contributed by atoms with Gasteiger partial charge in [0, 0.05) is 13.1 Å². The molecule has 170 valence electrons. The largest absolute Gasteiger partial charge is 0.493 e. The molecule has 1 fully saturated rings. The molecule has 0 radical (unpaired) electrons. The van der Waals surface area contributed by atoms with Crippen LogP contribution in [-0.2, 0) is 14.3 Å². The SMILES string of the molecule is CCCOc1ccccc1C(=O)N1CCNC(=O)C1CC(=O)OCCOc1ccccc1. The van der Waals surface area contributed by atoms with Crippen molar-refractivity contribution in [2.45, 2.75) is 25.8 Å². The van der Waals surface area contributed by atoms with Crippen LogP contribution in [0.15, 0.2) is 54.6 Å². The standard InChI is InChI=1S/C24H28N2O6/c1-2-14-31-21-11-7-6-10-19(21)24(29)26-13-12-25-23(28)20(26)17-22(27)32-16-15-30-18-8-4-3-5-9-18/h3-11,20H,2,12-17H2,1H3,(H,25,28). The van der Waals surface area contributed by atoms with Crippen molar-refractivity contribution in [3.8, 4) is 11.5 Å². The van der Waals surface area contributed by atoms with Gasteiger partial charge >= 0.3 is 5.97 Å². The van der Waals surface area contributed by atoms with E-state index in [1.54, 1.807) is 36.4 Å². The molecule has 2 aromatic rings. The van der Waals surface area contributed by atoms with Crippen LogP contribution in [0, 0.1) is 0 Å². The van der Waals surface area contributed by atoms with E-state index < -0.39 is 12.0 Å². The van der Waals surface area contributed by atoms with Gasteiger partial charge in [0.15, 0.2) is 0 Å². The molecule has 2 amide bonds. The van der Waals surface area contributed by atoms with E-state index in [4.69, 9.17) is 14.2 Å². The molecular weight excluding hydrogens is 412 g/mol. The lowest BCUT2D eigenvalue weighted by molar-refractivity contribution is -0.148. The highest BCUT2D eigenvalue weighted by Crippen LogP contribution is 2.23. The van der Waals surface area contributed by atoms with Gasteiger partial charge in [0.25, 0.3) is 5.91 Å². The number of nitrogens with one attached hydrogen (secondary N) is 1. The predicted molar refractivity (Wildman–Crippen MR) is 118 cm³/mol. The Kier molecular flexibility index (Phi) is 8.48. The highest BCUT2D eigenvalue weighted by atomic mass is 16.6. The first-order valence-electron chi connectivity index (χ1n) is 10.7. The van der Waals surface area contributed by atoms with Crippen LogP contribution in [0.5, 0.6) is 11.5 Å². The zero-order valence-corrected chi connectivity index (χ0v) is 18.1. The average molecular weight is 440 g/mol. The van der Waals surface area contributed by atoms with E-state index in [-0.39, 0.29) is 31.4 Å². The topological polar surface area (TPSA) is 94.2 Å². The van der Waals surface area contributed by atoms with E-state index in [0.29, 0.717) is 36.8 Å². The second kappa shape index (κ2) is 11.7. The van der Waals surface area contributed by atoms with Gasteiger partial charge in [-0.1, -0.05) is 37.3 Å². The second-order valence-electron chi connectivity index (χ2n) is 7.24. The van der Waals surface area contributed by atoms with Gasteiger partial charge in [-0.05, 0) is 30.7 Å². The number of hydrogen-bond donors (Lipinski definition) is 1. The Morgan fingerprint density at radius 2 is 1.75 bits per heavy atom. The highest BCUT2D eigenvalue weighted by Gasteiger charge is 2.36. The Hall–Kier alpha value is -3.55. The number of piperazine rings is 1. The summed E-state index contributed by atoms with van der Waals surface area (Å²) in [5.74, 6) is -0.163. The molecule has 0 saturated carbocycles. The summed E-state index contributed by atoms with van der Waals surface area (Å²) in [6, 6.07) is 15.2.